The maximum Gasteiger partial charge on any atom is 0.268 e. The number of hydrogen-bond acceptors (Lipinski definition) is 6. The molecule has 5 aromatic rings. The van der Waals surface area contributed by atoms with Crippen molar-refractivity contribution in [3.63, 3.8) is 0 Å². The van der Waals surface area contributed by atoms with Gasteiger partial charge in [0.05, 0.1) is 28.3 Å². The summed E-state index contributed by atoms with van der Waals surface area (Å²) >= 11 is 13.8. The number of carbonyl (C=O) groups excluding carboxylic acids is 2. The Bertz CT molecular complexity index is 1810. The molecule has 0 amide bonds. The highest BCUT2D eigenvalue weighted by molar-refractivity contribution is 6.39. The monoisotopic (exact) mass is 544 g/mol. The molecule has 0 saturated heterocycles. The van der Waals surface area contributed by atoms with E-state index in [1.165, 1.54) is 23.8 Å². The molecule has 0 saturated carbocycles. The minimum Gasteiger partial charge on any atom is -0.507 e. The molecule has 0 aliphatic rings. The number of phenols is 1. The molecular weight excluding hydrogens is 527 g/mol. The van der Waals surface area contributed by atoms with Crippen molar-refractivity contribution in [2.45, 2.75) is 0 Å². The molecule has 2 heterocycles. The van der Waals surface area contributed by atoms with Crippen LogP contribution >= 0.6 is 23.2 Å². The number of benzene rings is 3. The average Bonchev–Trinajstić information content (AvgIpc) is 2.93. The van der Waals surface area contributed by atoms with Crippen LogP contribution < -0.4 is 10.3 Å². The van der Waals surface area contributed by atoms with Crippen molar-refractivity contribution < 1.29 is 19.4 Å². The minimum atomic E-state index is -0.455. The standard InChI is InChI=1S/C29H18Cl2N2O5/c1-38-25-11-17(10-24(36)23(25)15-35)20-5-3-7-22(28(20)31)21-6-2-4-19(27(21)30)16-8-9-33-26(12-16)32-13-18(14-34)29(33)37/h2-15,36H,1H3. The van der Waals surface area contributed by atoms with E-state index in [0.717, 1.165) is 0 Å². The van der Waals surface area contributed by atoms with E-state index in [2.05, 4.69) is 4.98 Å². The highest BCUT2D eigenvalue weighted by Crippen LogP contribution is 2.43. The van der Waals surface area contributed by atoms with Gasteiger partial charge in [-0.1, -0.05) is 59.6 Å². The topological polar surface area (TPSA) is 98.0 Å². The van der Waals surface area contributed by atoms with Gasteiger partial charge in [-0.05, 0) is 35.4 Å². The number of phenolic OH excluding ortho intramolecular Hbond substituents is 1. The van der Waals surface area contributed by atoms with Gasteiger partial charge in [0.25, 0.3) is 5.56 Å². The van der Waals surface area contributed by atoms with Crippen LogP contribution in [0.4, 0.5) is 0 Å². The van der Waals surface area contributed by atoms with Crippen LogP contribution in [0.3, 0.4) is 0 Å². The van der Waals surface area contributed by atoms with Crippen molar-refractivity contribution in [2.75, 3.05) is 7.11 Å². The lowest BCUT2D eigenvalue weighted by atomic mass is 9.95. The van der Waals surface area contributed by atoms with Gasteiger partial charge in [-0.3, -0.25) is 18.8 Å². The number of aromatic nitrogens is 2. The predicted octanol–water partition coefficient (Wildman–Crippen LogP) is 6.34. The van der Waals surface area contributed by atoms with Crippen molar-refractivity contribution in [1.82, 2.24) is 9.38 Å². The van der Waals surface area contributed by atoms with E-state index in [1.807, 2.05) is 30.3 Å². The zero-order valence-corrected chi connectivity index (χ0v) is 21.3. The first-order chi connectivity index (χ1) is 18.4. The number of halogens is 2. The molecular formula is C29H18Cl2N2O5. The van der Waals surface area contributed by atoms with Gasteiger partial charge < -0.3 is 9.84 Å². The van der Waals surface area contributed by atoms with Crippen molar-refractivity contribution in [2.24, 2.45) is 0 Å². The van der Waals surface area contributed by atoms with Gasteiger partial charge in [0.1, 0.15) is 17.1 Å². The molecule has 0 fully saturated rings. The average molecular weight is 545 g/mol. The molecule has 7 nitrogen and oxygen atoms in total. The normalized spacial score (nSPS) is 10.9. The largest absolute Gasteiger partial charge is 0.507 e. The Hall–Kier alpha value is -4.46. The highest BCUT2D eigenvalue weighted by Gasteiger charge is 2.18. The predicted molar refractivity (Wildman–Crippen MR) is 147 cm³/mol. The highest BCUT2D eigenvalue weighted by atomic mass is 35.5. The van der Waals surface area contributed by atoms with E-state index >= 15 is 0 Å². The fourth-order valence-corrected chi connectivity index (χ4v) is 4.99. The molecule has 5 rings (SSSR count). The molecule has 1 N–H and O–H groups in total. The summed E-state index contributed by atoms with van der Waals surface area (Å²) in [5.41, 5.74) is 3.83. The summed E-state index contributed by atoms with van der Waals surface area (Å²) in [5, 5.41) is 11.2. The lowest BCUT2D eigenvalue weighted by Gasteiger charge is -2.15. The van der Waals surface area contributed by atoms with E-state index in [9.17, 15) is 19.5 Å². The summed E-state index contributed by atoms with van der Waals surface area (Å²) in [6.07, 6.45) is 3.79. The number of aromatic hydroxyl groups is 1. The second kappa shape index (κ2) is 10.1. The van der Waals surface area contributed by atoms with Crippen LogP contribution in [-0.2, 0) is 0 Å². The molecule has 0 aliphatic heterocycles. The summed E-state index contributed by atoms with van der Waals surface area (Å²) < 4.78 is 6.57. The summed E-state index contributed by atoms with van der Waals surface area (Å²) in [5.74, 6) is 0.000847. The fourth-order valence-electron chi connectivity index (χ4n) is 4.32. The molecule has 0 unspecified atom stereocenters. The van der Waals surface area contributed by atoms with E-state index in [-0.39, 0.29) is 22.6 Å². The third-order valence-corrected chi connectivity index (χ3v) is 7.05. The van der Waals surface area contributed by atoms with Crippen LogP contribution in [0.15, 0.2) is 77.9 Å². The van der Waals surface area contributed by atoms with Gasteiger partial charge in [0.2, 0.25) is 0 Å². The van der Waals surface area contributed by atoms with Crippen molar-refractivity contribution in [3.05, 3.63) is 105 Å². The van der Waals surface area contributed by atoms with Gasteiger partial charge in [-0.2, -0.15) is 0 Å². The second-order valence-electron chi connectivity index (χ2n) is 8.34. The van der Waals surface area contributed by atoms with Gasteiger partial charge in [0.15, 0.2) is 12.6 Å². The minimum absolute atomic E-state index is 0.0310. The van der Waals surface area contributed by atoms with Crippen LogP contribution in [0.2, 0.25) is 10.0 Å². The Morgan fingerprint density at radius 1 is 0.868 bits per heavy atom. The maximum absolute atomic E-state index is 12.4. The molecule has 0 aliphatic carbocycles. The molecule has 0 spiro atoms. The van der Waals surface area contributed by atoms with Crippen LogP contribution in [0.5, 0.6) is 11.5 Å². The van der Waals surface area contributed by atoms with Gasteiger partial charge in [-0.25, -0.2) is 4.98 Å². The molecule has 188 valence electrons. The third-order valence-electron chi connectivity index (χ3n) is 6.23. The molecule has 9 heteroatoms. The number of nitrogens with zero attached hydrogens (tertiary/aromatic N) is 2. The van der Waals surface area contributed by atoms with Gasteiger partial charge >= 0.3 is 0 Å². The van der Waals surface area contributed by atoms with Crippen LogP contribution in [0.1, 0.15) is 20.7 Å². The quantitative estimate of drug-likeness (QED) is 0.250. The number of fused-ring (bicyclic) bond motifs is 1. The Morgan fingerprint density at radius 2 is 1.50 bits per heavy atom. The number of carbonyl (C=O) groups is 2. The molecule has 0 radical (unpaired) electrons. The third kappa shape index (κ3) is 4.22. The molecule has 0 bridgehead atoms. The number of pyridine rings is 1. The molecule has 2 aromatic heterocycles. The Balaban J connectivity index is 1.63. The van der Waals surface area contributed by atoms with E-state index in [1.54, 1.807) is 30.5 Å². The molecule has 38 heavy (non-hydrogen) atoms. The van der Waals surface area contributed by atoms with Gasteiger partial charge in [-0.15, -0.1) is 0 Å². The SMILES string of the molecule is COc1cc(-c2cccc(-c3cccc(-c4ccn5c(=O)c(C=O)cnc5c4)c3Cl)c2Cl)cc(O)c1C=O. The zero-order valence-electron chi connectivity index (χ0n) is 19.8. The maximum atomic E-state index is 12.4. The van der Waals surface area contributed by atoms with Crippen LogP contribution in [0, 0.1) is 0 Å². The molecule has 0 atom stereocenters. The number of methoxy groups -OCH3 is 1. The smallest absolute Gasteiger partial charge is 0.268 e. The Kier molecular flexibility index (Phi) is 6.72. The number of ether oxygens (including phenoxy) is 1. The Morgan fingerprint density at radius 3 is 2.11 bits per heavy atom. The lowest BCUT2D eigenvalue weighted by Crippen LogP contribution is -2.18. The van der Waals surface area contributed by atoms with Crippen LogP contribution in [-0.4, -0.2) is 34.2 Å². The first-order valence-corrected chi connectivity index (χ1v) is 12.0. The van der Waals surface area contributed by atoms with Crippen molar-refractivity contribution in [1.29, 1.82) is 0 Å². The zero-order chi connectivity index (χ0) is 27.0. The van der Waals surface area contributed by atoms with E-state index < -0.39 is 5.56 Å². The van der Waals surface area contributed by atoms with E-state index in [4.69, 9.17) is 27.9 Å². The lowest BCUT2D eigenvalue weighted by molar-refractivity contribution is 0.111. The van der Waals surface area contributed by atoms with Crippen molar-refractivity contribution >= 4 is 41.4 Å². The number of rotatable bonds is 6. The number of hydrogen-bond donors (Lipinski definition) is 1. The number of aldehydes is 2. The summed E-state index contributed by atoms with van der Waals surface area (Å²) in [7, 11) is 1.41. The summed E-state index contributed by atoms with van der Waals surface area (Å²) in [4.78, 5) is 39.1. The summed E-state index contributed by atoms with van der Waals surface area (Å²) in [6, 6.07) is 17.5. The van der Waals surface area contributed by atoms with Crippen molar-refractivity contribution in [3.8, 4) is 44.9 Å². The summed E-state index contributed by atoms with van der Waals surface area (Å²) in [6.45, 7) is 0. The second-order valence-corrected chi connectivity index (χ2v) is 9.10. The molecule has 3 aromatic carbocycles. The first kappa shape index (κ1) is 25.2. The fraction of sp³-hybridized carbons (Fsp3) is 0.0345. The first-order valence-electron chi connectivity index (χ1n) is 11.3. The van der Waals surface area contributed by atoms with E-state index in [0.29, 0.717) is 61.6 Å². The van der Waals surface area contributed by atoms with Gasteiger partial charge in [0, 0.05) is 34.6 Å². The Labute approximate surface area is 226 Å². The van der Waals surface area contributed by atoms with Crippen LogP contribution in [0.25, 0.3) is 39.0 Å².